The smallest absolute Gasteiger partial charge is 0.325 e. The Morgan fingerprint density at radius 1 is 1.43 bits per heavy atom. The Hall–Kier alpha value is -0.980. The Morgan fingerprint density at radius 3 is 2.48 bits per heavy atom. The summed E-state index contributed by atoms with van der Waals surface area (Å²) >= 11 is 5.50. The number of hydrogen-bond donors (Lipinski definition) is 2. The number of rotatable bonds is 4. The van der Waals surface area contributed by atoms with Gasteiger partial charge in [-0.25, -0.2) is 0 Å². The van der Waals surface area contributed by atoms with Gasteiger partial charge in [-0.3, -0.25) is 4.79 Å². The van der Waals surface area contributed by atoms with Gasteiger partial charge in [0.2, 0.25) is 5.91 Å². The van der Waals surface area contributed by atoms with Crippen LogP contribution in [-0.2, 0) is 11.0 Å². The highest BCUT2D eigenvalue weighted by Gasteiger charge is 2.33. The van der Waals surface area contributed by atoms with E-state index in [1.165, 1.54) is 6.07 Å². The molecule has 0 spiro atoms. The third-order valence-corrected chi connectivity index (χ3v) is 3.43. The fourth-order valence-corrected chi connectivity index (χ4v) is 1.78. The van der Waals surface area contributed by atoms with Gasteiger partial charge in [0.25, 0.3) is 0 Å². The van der Waals surface area contributed by atoms with Crippen molar-refractivity contribution in [2.24, 2.45) is 11.7 Å². The standard InChI is InChI=1S/C13H16ClF3N2O.ClH/c1-3-7(2)11(18)12(20)19-8-4-5-10(14)9(6-8)13(15,16)17;/h4-7,11H,3,18H2,1-2H3,(H,19,20);1H. The molecule has 120 valence electrons. The van der Waals surface area contributed by atoms with Crippen LogP contribution in [0.3, 0.4) is 0 Å². The number of halogens is 5. The molecule has 0 aromatic heterocycles. The van der Waals surface area contributed by atoms with E-state index in [-0.39, 0.29) is 24.0 Å². The summed E-state index contributed by atoms with van der Waals surface area (Å²) in [6.07, 6.45) is -3.88. The van der Waals surface area contributed by atoms with Crippen LogP contribution in [-0.4, -0.2) is 11.9 Å². The molecule has 0 aliphatic carbocycles. The van der Waals surface area contributed by atoms with Crippen molar-refractivity contribution in [3.05, 3.63) is 28.8 Å². The topological polar surface area (TPSA) is 55.1 Å². The number of amides is 1. The van der Waals surface area contributed by atoms with Crippen LogP contribution in [0, 0.1) is 5.92 Å². The molecule has 3 N–H and O–H groups in total. The van der Waals surface area contributed by atoms with Gasteiger partial charge < -0.3 is 11.1 Å². The van der Waals surface area contributed by atoms with E-state index in [2.05, 4.69) is 5.32 Å². The van der Waals surface area contributed by atoms with E-state index < -0.39 is 28.7 Å². The molecule has 0 heterocycles. The Bertz CT molecular complexity index is 495. The van der Waals surface area contributed by atoms with Gasteiger partial charge in [0, 0.05) is 5.69 Å². The molecule has 1 amide bonds. The van der Waals surface area contributed by atoms with E-state index >= 15 is 0 Å². The second-order valence-corrected chi connectivity index (χ2v) is 5.00. The summed E-state index contributed by atoms with van der Waals surface area (Å²) in [6.45, 7) is 3.68. The Balaban J connectivity index is 0.00000400. The number of benzene rings is 1. The monoisotopic (exact) mass is 344 g/mol. The number of anilines is 1. The van der Waals surface area contributed by atoms with Crippen molar-refractivity contribution in [1.82, 2.24) is 0 Å². The third kappa shape index (κ3) is 5.37. The highest BCUT2D eigenvalue weighted by molar-refractivity contribution is 6.31. The van der Waals surface area contributed by atoms with Gasteiger partial charge >= 0.3 is 6.18 Å². The molecule has 0 aliphatic heterocycles. The summed E-state index contributed by atoms with van der Waals surface area (Å²) in [5.41, 5.74) is 4.74. The fourth-order valence-electron chi connectivity index (χ4n) is 1.56. The van der Waals surface area contributed by atoms with Crippen molar-refractivity contribution in [2.45, 2.75) is 32.5 Å². The molecule has 1 aromatic carbocycles. The molecule has 2 atom stereocenters. The number of hydrogen-bond acceptors (Lipinski definition) is 2. The minimum absolute atomic E-state index is 0. The molecule has 0 aliphatic rings. The number of carbonyl (C=O) groups is 1. The average molecular weight is 345 g/mol. The van der Waals surface area contributed by atoms with E-state index in [0.717, 1.165) is 12.1 Å². The molecule has 1 rings (SSSR count). The molecule has 0 saturated carbocycles. The second kappa shape index (κ2) is 7.87. The highest BCUT2D eigenvalue weighted by Crippen LogP contribution is 2.36. The molecule has 0 bridgehead atoms. The van der Waals surface area contributed by atoms with Gasteiger partial charge in [0.15, 0.2) is 0 Å². The van der Waals surface area contributed by atoms with Gasteiger partial charge in [-0.1, -0.05) is 31.9 Å². The minimum atomic E-state index is -4.57. The lowest BCUT2D eigenvalue weighted by Gasteiger charge is -2.18. The van der Waals surface area contributed by atoms with Crippen molar-refractivity contribution in [3.8, 4) is 0 Å². The van der Waals surface area contributed by atoms with Crippen LogP contribution < -0.4 is 11.1 Å². The van der Waals surface area contributed by atoms with E-state index in [9.17, 15) is 18.0 Å². The van der Waals surface area contributed by atoms with Gasteiger partial charge in [0.1, 0.15) is 0 Å². The van der Waals surface area contributed by atoms with Crippen LogP contribution in [0.1, 0.15) is 25.8 Å². The summed E-state index contributed by atoms with van der Waals surface area (Å²) in [5, 5.41) is 1.96. The second-order valence-electron chi connectivity index (χ2n) is 4.59. The first-order valence-electron chi connectivity index (χ1n) is 6.10. The SMILES string of the molecule is CCC(C)C(N)C(=O)Nc1ccc(Cl)c(C(F)(F)F)c1.Cl. The van der Waals surface area contributed by atoms with E-state index in [1.807, 2.05) is 6.92 Å². The molecule has 1 aromatic rings. The average Bonchev–Trinajstić information content (AvgIpc) is 2.37. The maximum Gasteiger partial charge on any atom is 0.417 e. The molecule has 0 fully saturated rings. The largest absolute Gasteiger partial charge is 0.417 e. The molecule has 21 heavy (non-hydrogen) atoms. The van der Waals surface area contributed by atoms with Crippen LogP contribution in [0.4, 0.5) is 18.9 Å². The molecule has 2 unspecified atom stereocenters. The molecule has 3 nitrogen and oxygen atoms in total. The number of carbonyl (C=O) groups excluding carboxylic acids is 1. The van der Waals surface area contributed by atoms with Crippen LogP contribution in [0.2, 0.25) is 5.02 Å². The molecule has 0 radical (unpaired) electrons. The number of alkyl halides is 3. The number of nitrogens with two attached hydrogens (primary N) is 1. The Morgan fingerprint density at radius 2 is 2.00 bits per heavy atom. The normalized spacial score (nSPS) is 14.0. The van der Waals surface area contributed by atoms with Crippen molar-refractivity contribution >= 4 is 35.6 Å². The minimum Gasteiger partial charge on any atom is -0.325 e. The quantitative estimate of drug-likeness (QED) is 0.864. The van der Waals surface area contributed by atoms with Gasteiger partial charge in [-0.15, -0.1) is 12.4 Å². The first kappa shape index (κ1) is 20.0. The summed E-state index contributed by atoms with van der Waals surface area (Å²) in [7, 11) is 0. The van der Waals surface area contributed by atoms with E-state index in [0.29, 0.717) is 6.42 Å². The van der Waals surface area contributed by atoms with Crippen molar-refractivity contribution in [2.75, 3.05) is 5.32 Å². The van der Waals surface area contributed by atoms with Crippen LogP contribution >= 0.6 is 24.0 Å². The Kier molecular flexibility index (Phi) is 7.50. The van der Waals surface area contributed by atoms with Crippen LogP contribution in [0.5, 0.6) is 0 Å². The molecular formula is C13H17Cl2F3N2O. The molecule has 0 saturated heterocycles. The molecular weight excluding hydrogens is 328 g/mol. The lowest BCUT2D eigenvalue weighted by atomic mass is 9.99. The highest BCUT2D eigenvalue weighted by atomic mass is 35.5. The predicted molar refractivity (Wildman–Crippen MR) is 79.8 cm³/mol. The summed E-state index contributed by atoms with van der Waals surface area (Å²) in [6, 6.07) is 2.42. The lowest BCUT2D eigenvalue weighted by Crippen LogP contribution is -2.40. The van der Waals surface area contributed by atoms with Crippen LogP contribution in [0.15, 0.2) is 18.2 Å². The predicted octanol–water partition coefficient (Wildman–Crippen LogP) is 4.09. The van der Waals surface area contributed by atoms with E-state index in [4.69, 9.17) is 17.3 Å². The first-order chi connectivity index (χ1) is 9.16. The van der Waals surface area contributed by atoms with Crippen molar-refractivity contribution < 1.29 is 18.0 Å². The summed E-state index contributed by atoms with van der Waals surface area (Å²) in [4.78, 5) is 11.8. The van der Waals surface area contributed by atoms with Crippen molar-refractivity contribution in [1.29, 1.82) is 0 Å². The third-order valence-electron chi connectivity index (χ3n) is 3.10. The van der Waals surface area contributed by atoms with Gasteiger partial charge in [-0.05, 0) is 24.1 Å². The van der Waals surface area contributed by atoms with Gasteiger partial charge in [-0.2, -0.15) is 13.2 Å². The molecule has 8 heteroatoms. The Labute approximate surface area is 132 Å². The lowest BCUT2D eigenvalue weighted by molar-refractivity contribution is -0.137. The van der Waals surface area contributed by atoms with Crippen LogP contribution in [0.25, 0.3) is 0 Å². The zero-order valence-corrected chi connectivity index (χ0v) is 13.1. The fraction of sp³-hybridized carbons (Fsp3) is 0.462. The zero-order valence-electron chi connectivity index (χ0n) is 11.5. The zero-order chi connectivity index (χ0) is 15.5. The van der Waals surface area contributed by atoms with Crippen molar-refractivity contribution in [3.63, 3.8) is 0 Å². The maximum atomic E-state index is 12.7. The van der Waals surface area contributed by atoms with E-state index in [1.54, 1.807) is 6.92 Å². The summed E-state index contributed by atoms with van der Waals surface area (Å²) in [5.74, 6) is -0.584. The number of nitrogens with one attached hydrogen (secondary N) is 1. The maximum absolute atomic E-state index is 12.7. The first-order valence-corrected chi connectivity index (χ1v) is 6.47. The van der Waals surface area contributed by atoms with Gasteiger partial charge in [0.05, 0.1) is 16.6 Å². The summed E-state index contributed by atoms with van der Waals surface area (Å²) < 4.78 is 38.1.